The summed E-state index contributed by atoms with van der Waals surface area (Å²) in [4.78, 5) is 0. The van der Waals surface area contributed by atoms with Crippen molar-refractivity contribution in [2.45, 2.75) is 32.6 Å². The van der Waals surface area contributed by atoms with Crippen LogP contribution in [0.15, 0.2) is 188 Å². The van der Waals surface area contributed by atoms with E-state index in [0.717, 1.165) is 17.5 Å². The molecule has 8 aromatic rings. The summed E-state index contributed by atoms with van der Waals surface area (Å²) in [5, 5.41) is 5.39. The number of halogens is 2. The van der Waals surface area contributed by atoms with Crippen molar-refractivity contribution in [1.29, 1.82) is 0 Å². The maximum Gasteiger partial charge on any atom is -0.00135 e. The van der Waals surface area contributed by atoms with Crippen LogP contribution in [0.4, 0.5) is 0 Å². The zero-order valence-corrected chi connectivity index (χ0v) is 35.7. The van der Waals surface area contributed by atoms with E-state index in [1.165, 1.54) is 49.4 Å². The Morgan fingerprint density at radius 1 is 0.528 bits per heavy atom. The van der Waals surface area contributed by atoms with E-state index >= 15 is 0 Å². The molecule has 2 radical (unpaired) electrons. The molecule has 268 valence electrons. The van der Waals surface area contributed by atoms with Crippen LogP contribution in [0.3, 0.4) is 0 Å². The molecule has 0 amide bonds. The molecule has 8 aromatic carbocycles. The molecule has 0 unspecified atom stereocenters. The normalized spacial score (nSPS) is 10.5. The first-order valence-corrected chi connectivity index (χ1v) is 28.1. The first-order valence-electron chi connectivity index (χ1n) is 17.6. The average molecular weight is 825 g/mol. The zero-order valence-electron chi connectivity index (χ0n) is 30.8. The molecule has 0 saturated heterocycles. The van der Waals surface area contributed by atoms with Crippen LogP contribution in [-0.2, 0) is 29.8 Å². The fourth-order valence-electron chi connectivity index (χ4n) is 5.81. The third-order valence-electron chi connectivity index (χ3n) is 8.44. The van der Waals surface area contributed by atoms with Crippen LogP contribution < -0.4 is 0 Å². The van der Waals surface area contributed by atoms with Crippen LogP contribution in [0.1, 0.15) is 48.6 Å². The van der Waals surface area contributed by atoms with E-state index in [1.807, 2.05) is 60.7 Å². The number of hydrogen-bond acceptors (Lipinski definition) is 0. The monoisotopic (exact) mass is 822 g/mol. The third-order valence-corrected chi connectivity index (χ3v) is 8.44. The molecule has 1 aliphatic rings. The molecule has 0 spiro atoms. The van der Waals surface area contributed by atoms with E-state index in [4.69, 9.17) is 17.0 Å². The molecule has 0 nitrogen and oxygen atoms in total. The van der Waals surface area contributed by atoms with Gasteiger partial charge in [0.05, 0.1) is 0 Å². The van der Waals surface area contributed by atoms with Crippen LogP contribution in [0.5, 0.6) is 0 Å². The summed E-state index contributed by atoms with van der Waals surface area (Å²) in [5.41, 5.74) is 9.64. The summed E-state index contributed by atoms with van der Waals surface area (Å²) >= 11 is -1.79. The molecule has 53 heavy (non-hydrogen) atoms. The van der Waals surface area contributed by atoms with Gasteiger partial charge in [-0.2, -0.15) is 66.9 Å². The van der Waals surface area contributed by atoms with E-state index in [2.05, 4.69) is 169 Å². The minimum Gasteiger partial charge on any atom is -0.126 e. The number of benzene rings is 6. The Balaban J connectivity index is 0.000000148. The van der Waals surface area contributed by atoms with Crippen molar-refractivity contribution < 1.29 is 18.0 Å². The number of fused-ring (bicyclic) bond motifs is 6. The van der Waals surface area contributed by atoms with Crippen molar-refractivity contribution >= 4 is 45.4 Å². The van der Waals surface area contributed by atoms with Gasteiger partial charge in [0.1, 0.15) is 0 Å². The summed E-state index contributed by atoms with van der Waals surface area (Å²) in [6, 6.07) is 64.8. The molecule has 1 aliphatic carbocycles. The van der Waals surface area contributed by atoms with Crippen LogP contribution in [0.2, 0.25) is 0 Å². The Hall–Kier alpha value is -4.04. The SMILES string of the molecule is CC(C)(C)[c-]1cccc1.[CH2-]c1ccccc1.[CH2-]c1ccccc1.[Si]=[Zr]([Cl])[Cl].c1ccc2c(c1)Cc1ccccc1-2.c1ccc2c(c1)[cH-]c1ccccc12. The Morgan fingerprint density at radius 2 is 0.868 bits per heavy atom. The Labute approximate surface area is 334 Å². The minimum absolute atomic E-state index is 0.323. The first kappa shape index (κ1) is 41.7. The smallest absolute Gasteiger partial charge is 0.00135 e. The molecule has 0 fully saturated rings. The Bertz CT molecular complexity index is 2110. The van der Waals surface area contributed by atoms with E-state index in [-0.39, 0.29) is 0 Å². The molecule has 0 heterocycles. The maximum absolute atomic E-state index is 5.15. The van der Waals surface area contributed by atoms with Crippen molar-refractivity contribution in [2.75, 3.05) is 0 Å². The van der Waals surface area contributed by atoms with Crippen molar-refractivity contribution in [3.05, 3.63) is 230 Å². The topological polar surface area (TPSA) is 0 Å². The second-order valence-electron chi connectivity index (χ2n) is 13.5. The summed E-state index contributed by atoms with van der Waals surface area (Å²) < 4.78 is 0. The van der Waals surface area contributed by atoms with Crippen molar-refractivity contribution in [1.82, 2.24) is 0 Å². The van der Waals surface area contributed by atoms with Gasteiger partial charge in [0.2, 0.25) is 0 Å². The molecule has 0 saturated carbocycles. The average Bonchev–Trinajstić information content (AvgIpc) is 3.91. The molecule has 9 rings (SSSR count). The standard InChI is InChI=1S/C13H10.C13H9.C9H13.2C7H7.2ClH.Si.Zr/c2*1-3-7-12-10(5-1)9-11-6-2-4-8-13(11)12;1-9(2,3)8-6-4-5-7-8;2*1-7-5-3-2-4-6-7;;;;/h1-8H,9H2;1-9H;4-7H,1-3H3;2*2-6H,1H2;2*1H;;/q;4*-1;;;;+2/p-2. The molecular weight excluding hydrogens is 779 g/mol. The Kier molecular flexibility index (Phi) is 17.0. The van der Waals surface area contributed by atoms with Gasteiger partial charge in [-0.25, -0.2) is 12.1 Å². The molecule has 0 aromatic heterocycles. The first-order chi connectivity index (χ1) is 25.5. The largest absolute Gasteiger partial charge is 0.126 e. The van der Waals surface area contributed by atoms with Gasteiger partial charge >= 0.3 is 41.9 Å². The zero-order chi connectivity index (χ0) is 38.1. The molecule has 0 bridgehead atoms. The molecule has 0 aliphatic heterocycles. The van der Waals surface area contributed by atoms with E-state index in [0.29, 0.717) is 5.41 Å². The van der Waals surface area contributed by atoms with Gasteiger partial charge in [0.15, 0.2) is 0 Å². The molecular formula is C49H46Cl2SiZr-4. The van der Waals surface area contributed by atoms with Crippen molar-refractivity contribution in [3.8, 4) is 11.1 Å². The number of rotatable bonds is 0. The van der Waals surface area contributed by atoms with Gasteiger partial charge in [-0.15, -0.1) is 64.0 Å². The Morgan fingerprint density at radius 3 is 1.21 bits per heavy atom. The van der Waals surface area contributed by atoms with E-state index < -0.39 is 18.0 Å². The van der Waals surface area contributed by atoms with Gasteiger partial charge in [-0.3, -0.25) is 0 Å². The van der Waals surface area contributed by atoms with Crippen LogP contribution >= 0.6 is 17.0 Å². The fourth-order valence-corrected chi connectivity index (χ4v) is 5.81. The maximum atomic E-state index is 5.15. The summed E-state index contributed by atoms with van der Waals surface area (Å²) in [5.74, 6) is 0. The second-order valence-corrected chi connectivity index (χ2v) is 27.1. The third kappa shape index (κ3) is 14.0. The van der Waals surface area contributed by atoms with Crippen molar-refractivity contribution in [2.24, 2.45) is 0 Å². The van der Waals surface area contributed by atoms with Gasteiger partial charge in [0, 0.05) is 0 Å². The van der Waals surface area contributed by atoms with Gasteiger partial charge in [-0.1, -0.05) is 123 Å². The van der Waals surface area contributed by atoms with Crippen LogP contribution in [0.25, 0.3) is 32.7 Å². The van der Waals surface area contributed by atoms with Gasteiger partial charge in [-0.05, 0) is 28.7 Å². The quantitative estimate of drug-likeness (QED) is 0.106. The summed E-state index contributed by atoms with van der Waals surface area (Å²) in [6.45, 7) is 17.2. The van der Waals surface area contributed by atoms with Crippen LogP contribution in [0, 0.1) is 13.8 Å². The van der Waals surface area contributed by atoms with E-state index in [1.54, 1.807) is 0 Å². The molecule has 0 atom stereocenters. The number of hydrogen-bond donors (Lipinski definition) is 0. The van der Waals surface area contributed by atoms with E-state index in [9.17, 15) is 0 Å². The van der Waals surface area contributed by atoms with Gasteiger partial charge in [0.25, 0.3) is 0 Å². The second kappa shape index (κ2) is 21.6. The minimum atomic E-state index is -1.79. The summed E-state index contributed by atoms with van der Waals surface area (Å²) in [7, 11) is 10.3. The van der Waals surface area contributed by atoms with Crippen LogP contribution in [-0.4, -0.2) is 6.88 Å². The summed E-state index contributed by atoms with van der Waals surface area (Å²) in [6.07, 6.45) is 1.10. The molecule has 4 heteroatoms. The molecule has 0 N–H and O–H groups in total. The van der Waals surface area contributed by atoms with Gasteiger partial charge < -0.3 is 0 Å². The predicted octanol–water partition coefficient (Wildman–Crippen LogP) is 14.4. The van der Waals surface area contributed by atoms with Crippen molar-refractivity contribution in [3.63, 3.8) is 0 Å². The predicted molar refractivity (Wildman–Crippen MR) is 232 cm³/mol. The fraction of sp³-hybridized carbons (Fsp3) is 0.102.